The quantitative estimate of drug-likeness (QED) is 0.442. The summed E-state index contributed by atoms with van der Waals surface area (Å²) in [7, 11) is 3.21. The summed E-state index contributed by atoms with van der Waals surface area (Å²) in [5.41, 5.74) is 6.55. The summed E-state index contributed by atoms with van der Waals surface area (Å²) in [6.07, 6.45) is 0.581. The van der Waals surface area contributed by atoms with E-state index < -0.39 is 0 Å². The van der Waals surface area contributed by atoms with Crippen LogP contribution in [0.2, 0.25) is 0 Å². The zero-order valence-corrected chi connectivity index (χ0v) is 12.5. The molecule has 8 heteroatoms. The van der Waals surface area contributed by atoms with Crippen molar-refractivity contribution in [3.63, 3.8) is 0 Å². The van der Waals surface area contributed by atoms with Gasteiger partial charge in [0.2, 0.25) is 0 Å². The molecule has 0 spiro atoms. The average molecular weight is 306 g/mol. The van der Waals surface area contributed by atoms with E-state index in [0.29, 0.717) is 24.7 Å². The zero-order chi connectivity index (χ0) is 15.8. The average Bonchev–Trinajstić information content (AvgIpc) is 3.00. The fourth-order valence-electron chi connectivity index (χ4n) is 1.62. The molecule has 8 nitrogen and oxygen atoms in total. The third kappa shape index (κ3) is 4.45. The normalized spacial score (nSPS) is 11.5. The third-order valence-electron chi connectivity index (χ3n) is 2.78. The first kappa shape index (κ1) is 15.8. The van der Waals surface area contributed by atoms with Gasteiger partial charge in [-0.15, -0.1) is 0 Å². The highest BCUT2D eigenvalue weighted by Gasteiger charge is 2.07. The van der Waals surface area contributed by atoms with Crippen molar-refractivity contribution >= 4 is 5.84 Å². The topological polar surface area (TPSA) is 105 Å². The van der Waals surface area contributed by atoms with Gasteiger partial charge in [-0.05, 0) is 24.3 Å². The molecule has 1 heterocycles. The minimum Gasteiger partial charge on any atom is -0.497 e. The second kappa shape index (κ2) is 7.99. The minimum atomic E-state index is 0.0524. The van der Waals surface area contributed by atoms with E-state index in [2.05, 4.69) is 15.3 Å². The number of oxime groups is 1. The molecule has 2 N–H and O–H groups in total. The van der Waals surface area contributed by atoms with Gasteiger partial charge in [0.1, 0.15) is 5.75 Å². The summed E-state index contributed by atoms with van der Waals surface area (Å²) >= 11 is 0. The van der Waals surface area contributed by atoms with E-state index in [4.69, 9.17) is 24.6 Å². The molecule has 2 aromatic rings. The summed E-state index contributed by atoms with van der Waals surface area (Å²) in [4.78, 5) is 9.25. The number of nitrogens with zero attached hydrogens (tertiary/aromatic N) is 3. The van der Waals surface area contributed by atoms with Crippen molar-refractivity contribution < 1.29 is 18.8 Å². The van der Waals surface area contributed by atoms with Crippen molar-refractivity contribution in [2.24, 2.45) is 10.9 Å². The van der Waals surface area contributed by atoms with Crippen LogP contribution < -0.4 is 10.5 Å². The van der Waals surface area contributed by atoms with Crippen molar-refractivity contribution in [2.45, 2.75) is 13.0 Å². The Hall–Kier alpha value is -2.61. The monoisotopic (exact) mass is 306 g/mol. The molecule has 0 saturated heterocycles. The van der Waals surface area contributed by atoms with E-state index in [1.165, 1.54) is 0 Å². The standard InChI is InChI=1S/C14H18N4O4/c1-19-8-7-12-16-13(22-17-12)9-21-18-14(15)10-3-5-11(20-2)6-4-10/h3-6H,7-9H2,1-2H3,(H2,15,18). The molecule has 0 amide bonds. The van der Waals surface area contributed by atoms with Gasteiger partial charge in [-0.2, -0.15) is 4.98 Å². The number of hydrogen-bond donors (Lipinski definition) is 1. The van der Waals surface area contributed by atoms with Crippen LogP contribution in [-0.2, 0) is 22.6 Å². The van der Waals surface area contributed by atoms with Gasteiger partial charge in [0.25, 0.3) is 5.89 Å². The van der Waals surface area contributed by atoms with Gasteiger partial charge in [0, 0.05) is 19.1 Å². The molecule has 0 unspecified atom stereocenters. The number of amidine groups is 1. The van der Waals surface area contributed by atoms with Crippen molar-refractivity contribution in [1.29, 1.82) is 0 Å². The third-order valence-corrected chi connectivity index (χ3v) is 2.78. The molecular weight excluding hydrogens is 288 g/mol. The van der Waals surface area contributed by atoms with Crippen LogP contribution in [0.1, 0.15) is 17.3 Å². The molecule has 118 valence electrons. The Morgan fingerprint density at radius 3 is 2.73 bits per heavy atom. The molecule has 0 atom stereocenters. The number of methoxy groups -OCH3 is 2. The van der Waals surface area contributed by atoms with Crippen LogP contribution in [0.25, 0.3) is 0 Å². The SMILES string of the molecule is COCCc1noc(CON=C(N)c2ccc(OC)cc2)n1. The van der Waals surface area contributed by atoms with Crippen LogP contribution in [-0.4, -0.2) is 36.8 Å². The van der Waals surface area contributed by atoms with Crippen molar-refractivity contribution in [3.05, 3.63) is 41.5 Å². The van der Waals surface area contributed by atoms with Crippen LogP contribution >= 0.6 is 0 Å². The number of aromatic nitrogens is 2. The Labute approximate surface area is 127 Å². The summed E-state index contributed by atoms with van der Waals surface area (Å²) in [5.74, 6) is 1.89. The van der Waals surface area contributed by atoms with E-state index in [1.54, 1.807) is 38.5 Å². The van der Waals surface area contributed by atoms with Crippen LogP contribution in [0.15, 0.2) is 33.9 Å². The number of ether oxygens (including phenoxy) is 2. The van der Waals surface area contributed by atoms with Gasteiger partial charge in [0.05, 0.1) is 13.7 Å². The lowest BCUT2D eigenvalue weighted by molar-refractivity contribution is 0.105. The Bertz CT molecular complexity index is 610. The van der Waals surface area contributed by atoms with Crippen LogP contribution in [0.3, 0.4) is 0 Å². The van der Waals surface area contributed by atoms with Gasteiger partial charge >= 0.3 is 0 Å². The Morgan fingerprint density at radius 1 is 1.27 bits per heavy atom. The molecule has 0 radical (unpaired) electrons. The molecule has 2 rings (SSSR count). The lowest BCUT2D eigenvalue weighted by Crippen LogP contribution is -2.13. The van der Waals surface area contributed by atoms with Crippen molar-refractivity contribution in [1.82, 2.24) is 10.1 Å². The number of hydrogen-bond acceptors (Lipinski definition) is 7. The maximum Gasteiger partial charge on any atom is 0.267 e. The Kier molecular flexibility index (Phi) is 5.73. The first-order valence-electron chi connectivity index (χ1n) is 6.63. The maximum absolute atomic E-state index is 5.82. The highest BCUT2D eigenvalue weighted by molar-refractivity contribution is 5.97. The van der Waals surface area contributed by atoms with E-state index in [1.807, 2.05) is 0 Å². The zero-order valence-electron chi connectivity index (χ0n) is 12.5. The van der Waals surface area contributed by atoms with Crippen molar-refractivity contribution in [2.75, 3.05) is 20.8 Å². The Morgan fingerprint density at radius 2 is 2.05 bits per heavy atom. The van der Waals surface area contributed by atoms with Gasteiger partial charge in [0.15, 0.2) is 18.3 Å². The van der Waals surface area contributed by atoms with E-state index in [-0.39, 0.29) is 12.4 Å². The second-order valence-corrected chi connectivity index (χ2v) is 4.33. The molecule has 22 heavy (non-hydrogen) atoms. The maximum atomic E-state index is 5.82. The smallest absolute Gasteiger partial charge is 0.267 e. The Balaban J connectivity index is 1.86. The number of rotatable bonds is 8. The minimum absolute atomic E-state index is 0.0524. The molecule has 0 aliphatic carbocycles. The van der Waals surface area contributed by atoms with Crippen molar-refractivity contribution in [3.8, 4) is 5.75 Å². The first-order valence-corrected chi connectivity index (χ1v) is 6.63. The largest absolute Gasteiger partial charge is 0.497 e. The molecule has 0 aliphatic rings. The summed E-state index contributed by atoms with van der Waals surface area (Å²) in [6, 6.07) is 7.16. The van der Waals surface area contributed by atoms with Crippen LogP contribution in [0, 0.1) is 0 Å². The highest BCUT2D eigenvalue weighted by atomic mass is 16.6. The van der Waals surface area contributed by atoms with E-state index in [0.717, 1.165) is 11.3 Å². The second-order valence-electron chi connectivity index (χ2n) is 4.33. The molecule has 1 aromatic heterocycles. The highest BCUT2D eigenvalue weighted by Crippen LogP contribution is 2.11. The fraction of sp³-hybridized carbons (Fsp3) is 0.357. The molecular formula is C14H18N4O4. The lowest BCUT2D eigenvalue weighted by atomic mass is 10.2. The van der Waals surface area contributed by atoms with Gasteiger partial charge in [-0.3, -0.25) is 0 Å². The number of nitrogens with two attached hydrogens (primary N) is 1. The molecule has 0 fully saturated rings. The van der Waals surface area contributed by atoms with Gasteiger partial charge in [-0.1, -0.05) is 10.3 Å². The molecule has 0 aliphatic heterocycles. The fourth-order valence-corrected chi connectivity index (χ4v) is 1.62. The molecule has 0 bridgehead atoms. The first-order chi connectivity index (χ1) is 10.7. The summed E-state index contributed by atoms with van der Waals surface area (Å²) in [6.45, 7) is 0.583. The lowest BCUT2D eigenvalue weighted by Gasteiger charge is -2.02. The predicted molar refractivity (Wildman–Crippen MR) is 78.4 cm³/mol. The van der Waals surface area contributed by atoms with E-state index in [9.17, 15) is 0 Å². The van der Waals surface area contributed by atoms with Gasteiger partial charge in [-0.25, -0.2) is 0 Å². The number of benzene rings is 1. The molecule has 1 aromatic carbocycles. The van der Waals surface area contributed by atoms with Crippen LogP contribution in [0.5, 0.6) is 5.75 Å². The van der Waals surface area contributed by atoms with E-state index >= 15 is 0 Å². The molecule has 0 saturated carbocycles. The summed E-state index contributed by atoms with van der Waals surface area (Å²) < 4.78 is 15.0. The summed E-state index contributed by atoms with van der Waals surface area (Å²) in [5, 5.41) is 7.61. The predicted octanol–water partition coefficient (Wildman–Crippen LogP) is 1.10. The van der Waals surface area contributed by atoms with Gasteiger partial charge < -0.3 is 24.6 Å². The van der Waals surface area contributed by atoms with Crippen LogP contribution in [0.4, 0.5) is 0 Å².